The Morgan fingerprint density at radius 3 is 2.48 bits per heavy atom. The van der Waals surface area contributed by atoms with Crippen LogP contribution in [0.2, 0.25) is 0 Å². The zero-order valence-corrected chi connectivity index (χ0v) is 22.9. The maximum absolute atomic E-state index is 13.6. The van der Waals surface area contributed by atoms with Gasteiger partial charge in [-0.1, -0.05) is 19.9 Å². The molecule has 2 aromatic heterocycles. The number of methoxy groups -OCH3 is 2. The first-order chi connectivity index (χ1) is 19.3. The molecule has 1 amide bonds. The number of anilines is 1. The highest BCUT2D eigenvalue weighted by Gasteiger charge is 2.48. The molecule has 5 rings (SSSR count). The number of hydrogen-bond acceptors (Lipinski definition) is 8. The molecule has 10 nitrogen and oxygen atoms in total. The second-order valence-corrected chi connectivity index (χ2v) is 9.58. The number of amides is 1. The Hall–Kier alpha value is -4.86. The number of nitrogens with one attached hydrogen (secondary N) is 1. The molecule has 1 unspecified atom stereocenters. The summed E-state index contributed by atoms with van der Waals surface area (Å²) in [6, 6.07) is 11.1. The number of hydrogen-bond donors (Lipinski definition) is 2. The lowest BCUT2D eigenvalue weighted by Gasteiger charge is -2.23. The van der Waals surface area contributed by atoms with Crippen molar-refractivity contribution in [3.63, 3.8) is 0 Å². The van der Waals surface area contributed by atoms with E-state index in [1.807, 2.05) is 20.8 Å². The highest BCUT2D eigenvalue weighted by atomic mass is 16.5. The number of benzene rings is 2. The molecule has 1 saturated heterocycles. The molecule has 0 aliphatic carbocycles. The summed E-state index contributed by atoms with van der Waals surface area (Å²) in [4.78, 5) is 40.3. The second kappa shape index (κ2) is 10.7. The Bertz CT molecular complexity index is 1590. The van der Waals surface area contributed by atoms with Gasteiger partial charge in [0.1, 0.15) is 11.5 Å². The van der Waals surface area contributed by atoms with Crippen molar-refractivity contribution in [3.05, 3.63) is 77.1 Å². The van der Waals surface area contributed by atoms with Gasteiger partial charge >= 0.3 is 5.91 Å². The van der Waals surface area contributed by atoms with Crippen LogP contribution < -0.4 is 19.1 Å². The van der Waals surface area contributed by atoms with E-state index in [-0.39, 0.29) is 23.2 Å². The van der Waals surface area contributed by atoms with E-state index in [0.29, 0.717) is 46.0 Å². The van der Waals surface area contributed by atoms with Crippen molar-refractivity contribution in [2.24, 2.45) is 0 Å². The van der Waals surface area contributed by atoms with E-state index in [9.17, 15) is 14.7 Å². The number of aromatic amines is 1. The fourth-order valence-corrected chi connectivity index (χ4v) is 4.93. The summed E-state index contributed by atoms with van der Waals surface area (Å²) in [5.74, 6) is -0.0796. The Labute approximate surface area is 231 Å². The number of imidazole rings is 1. The average molecular weight is 543 g/mol. The fraction of sp³-hybridized carbons (Fsp3) is 0.267. The van der Waals surface area contributed by atoms with Crippen molar-refractivity contribution in [1.82, 2.24) is 15.0 Å². The first-order valence-electron chi connectivity index (χ1n) is 12.9. The Balaban J connectivity index is 1.69. The number of carbonyl (C=O) groups is 2. The fourth-order valence-electron chi connectivity index (χ4n) is 4.93. The van der Waals surface area contributed by atoms with Gasteiger partial charge in [-0.25, -0.2) is 4.98 Å². The van der Waals surface area contributed by atoms with Crippen molar-refractivity contribution >= 4 is 34.4 Å². The normalized spacial score (nSPS) is 16.6. The van der Waals surface area contributed by atoms with Gasteiger partial charge in [-0.15, -0.1) is 0 Å². The van der Waals surface area contributed by atoms with Crippen LogP contribution in [0, 0.1) is 0 Å². The van der Waals surface area contributed by atoms with Crippen molar-refractivity contribution in [3.8, 4) is 17.2 Å². The number of pyridine rings is 1. The lowest BCUT2D eigenvalue weighted by Crippen LogP contribution is -2.30. The minimum absolute atomic E-state index is 0.0625. The Morgan fingerprint density at radius 1 is 1.07 bits per heavy atom. The summed E-state index contributed by atoms with van der Waals surface area (Å²) in [6.45, 7) is 6.42. The SMILES string of the molecule is CCOc1ccc(/C(O)=C2\C(=O)C(=O)N(c3nc4cc(OC)c(OC)cc4[nH]3)C2c2cccnc2)cc1C(C)C. The topological polar surface area (TPSA) is 127 Å². The van der Waals surface area contributed by atoms with Crippen LogP contribution in [-0.4, -0.2) is 52.6 Å². The van der Waals surface area contributed by atoms with Gasteiger partial charge in [0, 0.05) is 30.1 Å². The first-order valence-corrected chi connectivity index (χ1v) is 12.9. The number of carbonyl (C=O) groups excluding carboxylic acids is 2. The van der Waals surface area contributed by atoms with Gasteiger partial charge in [0.05, 0.1) is 43.5 Å². The largest absolute Gasteiger partial charge is 0.507 e. The summed E-state index contributed by atoms with van der Waals surface area (Å²) in [5, 5.41) is 11.6. The summed E-state index contributed by atoms with van der Waals surface area (Å²) in [7, 11) is 3.04. The lowest BCUT2D eigenvalue weighted by molar-refractivity contribution is -0.132. The molecule has 2 aromatic carbocycles. The van der Waals surface area contributed by atoms with Gasteiger partial charge in [-0.2, -0.15) is 0 Å². The molecule has 206 valence electrons. The number of ether oxygens (including phenoxy) is 3. The zero-order valence-electron chi connectivity index (χ0n) is 22.9. The van der Waals surface area contributed by atoms with Gasteiger partial charge < -0.3 is 24.3 Å². The predicted octanol–water partition coefficient (Wildman–Crippen LogP) is 5.12. The van der Waals surface area contributed by atoms with Crippen molar-refractivity contribution in [2.75, 3.05) is 25.7 Å². The van der Waals surface area contributed by atoms with E-state index in [2.05, 4.69) is 15.0 Å². The lowest BCUT2D eigenvalue weighted by atomic mass is 9.94. The maximum Gasteiger partial charge on any atom is 0.302 e. The third kappa shape index (κ3) is 4.51. The van der Waals surface area contributed by atoms with E-state index in [4.69, 9.17) is 14.2 Å². The number of aliphatic hydroxyl groups excluding tert-OH is 1. The Morgan fingerprint density at radius 2 is 1.82 bits per heavy atom. The van der Waals surface area contributed by atoms with Crippen molar-refractivity contribution < 1.29 is 28.9 Å². The first kappa shape index (κ1) is 26.7. The van der Waals surface area contributed by atoms with E-state index < -0.39 is 17.7 Å². The molecule has 0 bridgehead atoms. The molecule has 10 heteroatoms. The standard InChI is InChI=1S/C30H30N4O6/c1-6-40-22-10-9-17(12-19(22)16(2)3)27(35)25-26(18-8-7-11-31-15-18)34(29(37)28(25)36)30-32-20-13-23(38-4)24(39-5)14-21(20)33-30/h7-16,26,35H,6H2,1-5H3,(H,32,33)/b27-25+. The quantitative estimate of drug-likeness (QED) is 0.178. The smallest absolute Gasteiger partial charge is 0.302 e. The molecule has 3 heterocycles. The maximum atomic E-state index is 13.6. The van der Waals surface area contributed by atoms with Gasteiger partial charge in [0.25, 0.3) is 5.78 Å². The molecule has 4 aromatic rings. The number of aromatic nitrogens is 3. The number of ketones is 1. The monoisotopic (exact) mass is 542 g/mol. The van der Waals surface area contributed by atoms with E-state index in [0.717, 1.165) is 5.56 Å². The minimum atomic E-state index is -0.980. The Kier molecular flexibility index (Phi) is 7.17. The number of fused-ring (bicyclic) bond motifs is 1. The molecule has 0 saturated carbocycles. The number of aliphatic hydroxyl groups is 1. The van der Waals surface area contributed by atoms with Crippen LogP contribution in [-0.2, 0) is 9.59 Å². The molecule has 1 atom stereocenters. The number of nitrogens with zero attached hydrogens (tertiary/aromatic N) is 3. The third-order valence-electron chi connectivity index (χ3n) is 6.85. The van der Waals surface area contributed by atoms with E-state index >= 15 is 0 Å². The molecule has 1 fully saturated rings. The van der Waals surface area contributed by atoms with Crippen LogP contribution in [0.15, 0.2) is 60.4 Å². The second-order valence-electron chi connectivity index (χ2n) is 9.58. The van der Waals surface area contributed by atoms with Gasteiger partial charge in [0.15, 0.2) is 11.5 Å². The summed E-state index contributed by atoms with van der Waals surface area (Å²) >= 11 is 0. The molecule has 0 radical (unpaired) electrons. The van der Waals surface area contributed by atoms with Crippen LogP contribution >= 0.6 is 0 Å². The van der Waals surface area contributed by atoms with Gasteiger partial charge in [-0.3, -0.25) is 19.5 Å². The van der Waals surface area contributed by atoms with Crippen molar-refractivity contribution in [2.45, 2.75) is 32.7 Å². The van der Waals surface area contributed by atoms with Crippen LogP contribution in [0.5, 0.6) is 17.2 Å². The van der Waals surface area contributed by atoms with Crippen LogP contribution in [0.25, 0.3) is 16.8 Å². The molecule has 1 aliphatic heterocycles. The van der Waals surface area contributed by atoms with Crippen LogP contribution in [0.3, 0.4) is 0 Å². The van der Waals surface area contributed by atoms with Gasteiger partial charge in [0.2, 0.25) is 5.95 Å². The van der Waals surface area contributed by atoms with E-state index in [1.165, 1.54) is 19.1 Å². The number of rotatable bonds is 8. The van der Waals surface area contributed by atoms with Crippen LogP contribution in [0.1, 0.15) is 49.4 Å². The summed E-state index contributed by atoms with van der Waals surface area (Å²) in [6.07, 6.45) is 3.15. The zero-order chi connectivity index (χ0) is 28.6. The molecule has 0 spiro atoms. The summed E-state index contributed by atoms with van der Waals surface area (Å²) < 4.78 is 16.5. The number of H-pyrrole nitrogens is 1. The molecule has 40 heavy (non-hydrogen) atoms. The molecule has 1 aliphatic rings. The molecular weight excluding hydrogens is 512 g/mol. The average Bonchev–Trinajstić information content (AvgIpc) is 3.49. The van der Waals surface area contributed by atoms with E-state index in [1.54, 1.807) is 54.9 Å². The van der Waals surface area contributed by atoms with Gasteiger partial charge in [-0.05, 0) is 48.2 Å². The predicted molar refractivity (Wildman–Crippen MR) is 150 cm³/mol. The minimum Gasteiger partial charge on any atom is -0.507 e. The molecular formula is C30H30N4O6. The number of Topliss-reactive ketones (excluding diaryl/α,β-unsaturated/α-hetero) is 1. The van der Waals surface area contributed by atoms with Crippen molar-refractivity contribution in [1.29, 1.82) is 0 Å². The highest BCUT2D eigenvalue weighted by Crippen LogP contribution is 2.43. The molecule has 2 N–H and O–H groups in total. The summed E-state index contributed by atoms with van der Waals surface area (Å²) in [5.41, 5.74) is 2.83. The van der Waals surface area contributed by atoms with Crippen LogP contribution in [0.4, 0.5) is 5.95 Å². The third-order valence-corrected chi connectivity index (χ3v) is 6.85. The highest BCUT2D eigenvalue weighted by molar-refractivity contribution is 6.51.